The molecule has 4 heteroatoms. The molecule has 16 heavy (non-hydrogen) atoms. The van der Waals surface area contributed by atoms with Crippen LogP contribution in [0.4, 0.5) is 0 Å². The van der Waals surface area contributed by atoms with Crippen LogP contribution in [0.2, 0.25) is 0 Å². The molecule has 0 bridgehead atoms. The Kier molecular flexibility index (Phi) is 4.39. The number of hydrogen-bond donors (Lipinski definition) is 1. The first kappa shape index (κ1) is 11.6. The fourth-order valence-corrected chi connectivity index (χ4v) is 2.01. The normalized spacial score (nSPS) is 19.1. The molecule has 0 aliphatic carbocycles. The first-order valence-corrected chi connectivity index (χ1v) is 5.85. The van der Waals surface area contributed by atoms with Crippen LogP contribution in [0.15, 0.2) is 22.8 Å². The van der Waals surface area contributed by atoms with Crippen LogP contribution in [-0.2, 0) is 11.3 Å². The minimum Gasteiger partial charge on any atom is -0.467 e. The molecule has 0 unspecified atom stereocenters. The summed E-state index contributed by atoms with van der Waals surface area (Å²) in [5.74, 6) is 0.799. The van der Waals surface area contributed by atoms with Crippen molar-refractivity contribution < 1.29 is 14.3 Å². The van der Waals surface area contributed by atoms with Crippen molar-refractivity contribution in [1.82, 2.24) is 4.90 Å². The molecule has 0 saturated carbocycles. The Morgan fingerprint density at radius 1 is 1.44 bits per heavy atom. The fourth-order valence-electron chi connectivity index (χ4n) is 2.01. The monoisotopic (exact) mass is 225 g/mol. The van der Waals surface area contributed by atoms with E-state index in [0.717, 1.165) is 25.4 Å². The fraction of sp³-hybridized carbons (Fsp3) is 0.667. The summed E-state index contributed by atoms with van der Waals surface area (Å²) in [6, 6.07) is 3.70. The highest BCUT2D eigenvalue weighted by Crippen LogP contribution is 2.08. The van der Waals surface area contributed by atoms with Crippen LogP contribution in [0, 0.1) is 0 Å². The average Bonchev–Trinajstić information content (AvgIpc) is 2.90. The number of likely N-dealkylation sites (tertiary alicyclic amines) is 1. The van der Waals surface area contributed by atoms with E-state index in [9.17, 15) is 5.11 Å². The Bertz CT molecular complexity index is 280. The molecular weight excluding hydrogens is 206 g/mol. The van der Waals surface area contributed by atoms with Crippen LogP contribution in [-0.4, -0.2) is 42.4 Å². The number of nitrogens with zero attached hydrogens (tertiary/aromatic N) is 1. The zero-order valence-corrected chi connectivity index (χ0v) is 9.47. The lowest BCUT2D eigenvalue weighted by Gasteiger charge is -2.18. The second-order valence-electron chi connectivity index (χ2n) is 4.26. The van der Waals surface area contributed by atoms with Gasteiger partial charge in [0.05, 0.1) is 19.0 Å². The maximum absolute atomic E-state index is 9.74. The Hall–Kier alpha value is -0.840. The molecule has 1 aliphatic rings. The van der Waals surface area contributed by atoms with Crippen molar-refractivity contribution in [3.05, 3.63) is 24.2 Å². The maximum atomic E-state index is 9.74. The lowest BCUT2D eigenvalue weighted by atomic mass is 10.3. The Morgan fingerprint density at radius 2 is 2.25 bits per heavy atom. The molecule has 2 heterocycles. The molecule has 1 N–H and O–H groups in total. The van der Waals surface area contributed by atoms with Gasteiger partial charge in [0.15, 0.2) is 0 Å². The van der Waals surface area contributed by atoms with E-state index in [-0.39, 0.29) is 0 Å². The molecule has 0 spiro atoms. The van der Waals surface area contributed by atoms with Gasteiger partial charge in [-0.05, 0) is 38.1 Å². The third-order valence-electron chi connectivity index (χ3n) is 2.80. The molecule has 1 aromatic rings. The largest absolute Gasteiger partial charge is 0.467 e. The summed E-state index contributed by atoms with van der Waals surface area (Å²) in [7, 11) is 0. The summed E-state index contributed by atoms with van der Waals surface area (Å²) in [5.41, 5.74) is 0. The third-order valence-corrected chi connectivity index (χ3v) is 2.80. The summed E-state index contributed by atoms with van der Waals surface area (Å²) in [4.78, 5) is 2.28. The number of β-amino-alcohol motifs (C(OH)–C–C–N with tert-alkyl or cyclic N) is 1. The number of hydrogen-bond acceptors (Lipinski definition) is 4. The van der Waals surface area contributed by atoms with Gasteiger partial charge >= 0.3 is 0 Å². The predicted molar refractivity (Wildman–Crippen MR) is 60.0 cm³/mol. The predicted octanol–water partition coefficient (Wildman–Crippen LogP) is 1.25. The van der Waals surface area contributed by atoms with Gasteiger partial charge in [-0.25, -0.2) is 0 Å². The van der Waals surface area contributed by atoms with Crippen molar-refractivity contribution in [2.24, 2.45) is 0 Å². The van der Waals surface area contributed by atoms with Gasteiger partial charge in [0.25, 0.3) is 0 Å². The maximum Gasteiger partial charge on any atom is 0.129 e. The van der Waals surface area contributed by atoms with Crippen molar-refractivity contribution in [2.75, 3.05) is 26.2 Å². The van der Waals surface area contributed by atoms with E-state index in [1.807, 2.05) is 12.1 Å². The minimum absolute atomic E-state index is 0.372. The highest BCUT2D eigenvalue weighted by Gasteiger charge is 2.15. The summed E-state index contributed by atoms with van der Waals surface area (Å²) < 4.78 is 10.5. The zero-order chi connectivity index (χ0) is 11.2. The van der Waals surface area contributed by atoms with Gasteiger partial charge < -0.3 is 19.2 Å². The third kappa shape index (κ3) is 3.63. The van der Waals surface area contributed by atoms with E-state index in [2.05, 4.69) is 4.90 Å². The zero-order valence-electron chi connectivity index (χ0n) is 9.47. The number of furan rings is 1. The second-order valence-corrected chi connectivity index (χ2v) is 4.26. The highest BCUT2D eigenvalue weighted by atomic mass is 16.5. The van der Waals surface area contributed by atoms with Crippen LogP contribution in [0.3, 0.4) is 0 Å². The molecule has 1 saturated heterocycles. The van der Waals surface area contributed by atoms with E-state index in [4.69, 9.17) is 9.15 Å². The summed E-state index contributed by atoms with van der Waals surface area (Å²) in [5, 5.41) is 9.74. The molecule has 1 aromatic heterocycles. The molecular formula is C12H19NO3. The van der Waals surface area contributed by atoms with Gasteiger partial charge in [-0.1, -0.05) is 0 Å². The van der Waals surface area contributed by atoms with E-state index in [0.29, 0.717) is 13.2 Å². The molecule has 90 valence electrons. The topological polar surface area (TPSA) is 45.8 Å². The molecule has 4 nitrogen and oxygen atoms in total. The molecule has 1 aliphatic heterocycles. The number of rotatable bonds is 6. The summed E-state index contributed by atoms with van der Waals surface area (Å²) in [6.45, 7) is 3.74. The molecule has 1 fully saturated rings. The highest BCUT2D eigenvalue weighted by molar-refractivity contribution is 4.96. The average molecular weight is 225 g/mol. The second kappa shape index (κ2) is 6.03. The van der Waals surface area contributed by atoms with Gasteiger partial charge in [0.2, 0.25) is 0 Å². The molecule has 0 aromatic carbocycles. The SMILES string of the molecule is O[C@H](COCc1ccco1)CN1CCCC1. The minimum atomic E-state index is -0.395. The molecule has 0 amide bonds. The van der Waals surface area contributed by atoms with Gasteiger partial charge in [-0.2, -0.15) is 0 Å². The number of ether oxygens (including phenoxy) is 1. The van der Waals surface area contributed by atoms with Crippen molar-refractivity contribution in [3.63, 3.8) is 0 Å². The van der Waals surface area contributed by atoms with Crippen LogP contribution < -0.4 is 0 Å². The van der Waals surface area contributed by atoms with Gasteiger partial charge in [-0.15, -0.1) is 0 Å². The molecule has 1 atom stereocenters. The first-order chi connectivity index (χ1) is 7.84. The van der Waals surface area contributed by atoms with Crippen LogP contribution in [0.1, 0.15) is 18.6 Å². The van der Waals surface area contributed by atoms with Crippen molar-refractivity contribution in [3.8, 4) is 0 Å². The van der Waals surface area contributed by atoms with Crippen LogP contribution >= 0.6 is 0 Å². The quantitative estimate of drug-likeness (QED) is 0.791. The number of aliphatic hydroxyl groups is 1. The van der Waals surface area contributed by atoms with Crippen molar-refractivity contribution in [1.29, 1.82) is 0 Å². The van der Waals surface area contributed by atoms with Crippen LogP contribution in [0.25, 0.3) is 0 Å². The smallest absolute Gasteiger partial charge is 0.129 e. The van der Waals surface area contributed by atoms with Crippen LogP contribution in [0.5, 0.6) is 0 Å². The first-order valence-electron chi connectivity index (χ1n) is 5.85. The lowest BCUT2D eigenvalue weighted by Crippen LogP contribution is -2.32. The van der Waals surface area contributed by atoms with Gasteiger partial charge in [-0.3, -0.25) is 0 Å². The summed E-state index contributed by atoms with van der Waals surface area (Å²) in [6.07, 6.45) is 3.73. The molecule has 0 radical (unpaired) electrons. The van der Waals surface area contributed by atoms with E-state index in [1.54, 1.807) is 6.26 Å². The summed E-state index contributed by atoms with van der Waals surface area (Å²) >= 11 is 0. The Labute approximate surface area is 95.8 Å². The van der Waals surface area contributed by atoms with Gasteiger partial charge in [0.1, 0.15) is 12.4 Å². The van der Waals surface area contributed by atoms with E-state index >= 15 is 0 Å². The van der Waals surface area contributed by atoms with E-state index < -0.39 is 6.10 Å². The Morgan fingerprint density at radius 3 is 2.94 bits per heavy atom. The standard InChI is InChI=1S/C12H19NO3/c14-11(8-13-5-1-2-6-13)9-15-10-12-4-3-7-16-12/h3-4,7,11,14H,1-2,5-6,8-10H2/t11-/m0/s1. The van der Waals surface area contributed by atoms with Gasteiger partial charge in [0, 0.05) is 6.54 Å². The van der Waals surface area contributed by atoms with Crippen molar-refractivity contribution in [2.45, 2.75) is 25.6 Å². The number of aliphatic hydroxyl groups excluding tert-OH is 1. The van der Waals surface area contributed by atoms with E-state index in [1.165, 1.54) is 12.8 Å². The van der Waals surface area contributed by atoms with Crippen molar-refractivity contribution >= 4 is 0 Å². The lowest BCUT2D eigenvalue weighted by molar-refractivity contribution is 0.00832. The molecule has 2 rings (SSSR count). The Balaban J connectivity index is 1.58.